The number of rotatable bonds is 4. The summed E-state index contributed by atoms with van der Waals surface area (Å²) < 4.78 is 26.7. The van der Waals surface area contributed by atoms with Crippen LogP contribution in [0.5, 0.6) is 0 Å². The van der Waals surface area contributed by atoms with Crippen molar-refractivity contribution in [3.63, 3.8) is 0 Å². The van der Waals surface area contributed by atoms with Crippen LogP contribution in [0.25, 0.3) is 0 Å². The van der Waals surface area contributed by atoms with E-state index in [0.717, 1.165) is 22.3 Å². The third kappa shape index (κ3) is 3.26. The van der Waals surface area contributed by atoms with Crippen LogP contribution in [0.1, 0.15) is 27.5 Å². The average molecular weight is 336 g/mol. The van der Waals surface area contributed by atoms with Crippen LogP contribution < -0.4 is 0 Å². The molecule has 0 radical (unpaired) electrons. The van der Waals surface area contributed by atoms with Gasteiger partial charge in [-0.3, -0.25) is 0 Å². The second-order valence-corrected chi connectivity index (χ2v) is 8.10. The molecule has 3 rings (SSSR count). The van der Waals surface area contributed by atoms with E-state index in [9.17, 15) is 8.42 Å². The minimum absolute atomic E-state index is 0.350. The first-order valence-electron chi connectivity index (χ1n) is 7.90. The summed E-state index contributed by atoms with van der Waals surface area (Å²) in [7, 11) is -3.54. The lowest BCUT2D eigenvalue weighted by atomic mass is 10.0. The fourth-order valence-electron chi connectivity index (χ4n) is 2.88. The Morgan fingerprint density at radius 3 is 1.92 bits per heavy atom. The molecule has 0 aliphatic carbocycles. The second kappa shape index (κ2) is 6.62. The first kappa shape index (κ1) is 16.5. The predicted octanol–water partition coefficient (Wildman–Crippen LogP) is 4.87. The monoisotopic (exact) mass is 336 g/mol. The van der Waals surface area contributed by atoms with Gasteiger partial charge in [-0.15, -0.1) is 0 Å². The third-order valence-electron chi connectivity index (χ3n) is 4.11. The fourth-order valence-corrected chi connectivity index (χ4v) is 4.68. The van der Waals surface area contributed by atoms with Crippen LogP contribution in [0.4, 0.5) is 0 Å². The smallest absolute Gasteiger partial charge is 0.189 e. The zero-order valence-electron chi connectivity index (χ0n) is 13.8. The average Bonchev–Trinajstić information content (AvgIpc) is 2.56. The van der Waals surface area contributed by atoms with Crippen molar-refractivity contribution < 1.29 is 8.42 Å². The highest BCUT2D eigenvalue weighted by atomic mass is 32.2. The standard InChI is InChI=1S/C21H20O2S/c1-16-11-13-20(14-12-16)24(22,23)21(18-8-4-3-5-9-18)19-10-6-7-17(2)15-19/h3-15,21H,1-2H3. The van der Waals surface area contributed by atoms with Crippen LogP contribution in [0.3, 0.4) is 0 Å². The van der Waals surface area contributed by atoms with Crippen molar-refractivity contribution in [1.29, 1.82) is 0 Å². The maximum Gasteiger partial charge on any atom is 0.189 e. The Hall–Kier alpha value is -2.39. The minimum Gasteiger partial charge on any atom is -0.223 e. The van der Waals surface area contributed by atoms with Crippen molar-refractivity contribution in [2.75, 3.05) is 0 Å². The highest BCUT2D eigenvalue weighted by molar-refractivity contribution is 7.91. The quantitative estimate of drug-likeness (QED) is 0.681. The molecule has 0 bridgehead atoms. The molecule has 0 aliphatic heterocycles. The first-order chi connectivity index (χ1) is 11.5. The molecule has 0 saturated heterocycles. The molecular weight excluding hydrogens is 316 g/mol. The molecule has 122 valence electrons. The lowest BCUT2D eigenvalue weighted by molar-refractivity contribution is 0.589. The molecule has 0 heterocycles. The molecule has 1 unspecified atom stereocenters. The summed E-state index contributed by atoms with van der Waals surface area (Å²) in [5.41, 5.74) is 3.67. The summed E-state index contributed by atoms with van der Waals surface area (Å²) in [5.74, 6) is 0. The molecule has 2 nitrogen and oxygen atoms in total. The van der Waals surface area contributed by atoms with Gasteiger partial charge in [-0.25, -0.2) is 8.42 Å². The Labute approximate surface area is 143 Å². The molecule has 0 aromatic heterocycles. The lowest BCUT2D eigenvalue weighted by Gasteiger charge is -2.19. The number of aryl methyl sites for hydroxylation is 2. The summed E-state index contributed by atoms with van der Waals surface area (Å²) in [5, 5.41) is -0.707. The van der Waals surface area contributed by atoms with Gasteiger partial charge in [-0.2, -0.15) is 0 Å². The molecule has 0 fully saturated rings. The molecule has 1 atom stereocenters. The van der Waals surface area contributed by atoms with Crippen LogP contribution in [-0.4, -0.2) is 8.42 Å². The molecule has 0 aliphatic rings. The molecular formula is C21H20O2S. The van der Waals surface area contributed by atoms with Gasteiger partial charge in [0.2, 0.25) is 0 Å². The van der Waals surface area contributed by atoms with Crippen molar-refractivity contribution >= 4 is 9.84 Å². The van der Waals surface area contributed by atoms with Gasteiger partial charge in [0.15, 0.2) is 9.84 Å². The molecule has 0 saturated carbocycles. The predicted molar refractivity (Wildman–Crippen MR) is 97.8 cm³/mol. The molecule has 0 spiro atoms. The van der Waals surface area contributed by atoms with Gasteiger partial charge in [-0.1, -0.05) is 77.9 Å². The summed E-state index contributed by atoms with van der Waals surface area (Å²) in [6, 6.07) is 24.2. The van der Waals surface area contributed by atoms with E-state index in [2.05, 4.69) is 0 Å². The van der Waals surface area contributed by atoms with Crippen LogP contribution >= 0.6 is 0 Å². The van der Waals surface area contributed by atoms with Crippen LogP contribution in [0.2, 0.25) is 0 Å². The molecule has 24 heavy (non-hydrogen) atoms. The Kier molecular flexibility index (Phi) is 4.54. The Morgan fingerprint density at radius 1 is 0.667 bits per heavy atom. The highest BCUT2D eigenvalue weighted by Gasteiger charge is 2.30. The van der Waals surface area contributed by atoms with Crippen molar-refractivity contribution in [3.05, 3.63) is 101 Å². The summed E-state index contributed by atoms with van der Waals surface area (Å²) in [6.45, 7) is 3.93. The maximum absolute atomic E-state index is 13.4. The van der Waals surface area contributed by atoms with Gasteiger partial charge < -0.3 is 0 Å². The zero-order chi connectivity index (χ0) is 17.2. The largest absolute Gasteiger partial charge is 0.223 e. The van der Waals surface area contributed by atoms with E-state index < -0.39 is 15.1 Å². The van der Waals surface area contributed by atoms with Gasteiger partial charge >= 0.3 is 0 Å². The number of hydrogen-bond acceptors (Lipinski definition) is 2. The number of sulfone groups is 1. The molecule has 3 aromatic rings. The SMILES string of the molecule is Cc1ccc(S(=O)(=O)C(c2ccccc2)c2cccc(C)c2)cc1. The first-order valence-corrected chi connectivity index (χ1v) is 9.45. The lowest BCUT2D eigenvalue weighted by Crippen LogP contribution is -2.15. The Bertz CT molecular complexity index is 927. The summed E-state index contributed by atoms with van der Waals surface area (Å²) >= 11 is 0. The van der Waals surface area contributed by atoms with Crippen LogP contribution in [0.15, 0.2) is 83.8 Å². The minimum atomic E-state index is -3.54. The second-order valence-electron chi connectivity index (χ2n) is 6.06. The van der Waals surface area contributed by atoms with E-state index in [-0.39, 0.29) is 0 Å². The van der Waals surface area contributed by atoms with Gasteiger partial charge in [0.25, 0.3) is 0 Å². The molecule has 3 heteroatoms. The van der Waals surface area contributed by atoms with Crippen LogP contribution in [-0.2, 0) is 9.84 Å². The van der Waals surface area contributed by atoms with Gasteiger partial charge in [-0.05, 0) is 37.1 Å². The number of benzene rings is 3. The highest BCUT2D eigenvalue weighted by Crippen LogP contribution is 2.35. The topological polar surface area (TPSA) is 34.1 Å². The van der Waals surface area contributed by atoms with Crippen molar-refractivity contribution in [2.45, 2.75) is 24.0 Å². The van der Waals surface area contributed by atoms with E-state index in [1.165, 1.54) is 0 Å². The van der Waals surface area contributed by atoms with Gasteiger partial charge in [0.05, 0.1) is 4.90 Å². The van der Waals surface area contributed by atoms with Crippen molar-refractivity contribution in [3.8, 4) is 0 Å². The third-order valence-corrected chi connectivity index (χ3v) is 6.20. The normalized spacial score (nSPS) is 12.8. The van der Waals surface area contributed by atoms with Crippen molar-refractivity contribution in [1.82, 2.24) is 0 Å². The Morgan fingerprint density at radius 2 is 1.29 bits per heavy atom. The fraction of sp³-hybridized carbons (Fsp3) is 0.143. The molecule has 0 amide bonds. The zero-order valence-corrected chi connectivity index (χ0v) is 14.6. The molecule has 0 N–H and O–H groups in total. The van der Waals surface area contributed by atoms with E-state index in [1.54, 1.807) is 12.1 Å². The number of hydrogen-bond donors (Lipinski definition) is 0. The summed E-state index contributed by atoms with van der Waals surface area (Å²) in [4.78, 5) is 0.350. The molecule has 3 aromatic carbocycles. The van der Waals surface area contributed by atoms with E-state index in [4.69, 9.17) is 0 Å². The van der Waals surface area contributed by atoms with Gasteiger partial charge in [0, 0.05) is 0 Å². The van der Waals surface area contributed by atoms with Gasteiger partial charge in [0.1, 0.15) is 5.25 Å². The van der Waals surface area contributed by atoms with Crippen molar-refractivity contribution in [2.24, 2.45) is 0 Å². The van der Waals surface area contributed by atoms with E-state index >= 15 is 0 Å². The van der Waals surface area contributed by atoms with E-state index in [1.807, 2.05) is 80.6 Å². The maximum atomic E-state index is 13.4. The Balaban J connectivity index is 2.19. The van der Waals surface area contributed by atoms with Crippen LogP contribution in [0, 0.1) is 13.8 Å². The van der Waals surface area contributed by atoms with E-state index in [0.29, 0.717) is 4.90 Å². The summed E-state index contributed by atoms with van der Waals surface area (Å²) in [6.07, 6.45) is 0.